The van der Waals surface area contributed by atoms with Crippen LogP contribution < -0.4 is 5.32 Å². The fourth-order valence-electron chi connectivity index (χ4n) is 2.39. The summed E-state index contributed by atoms with van der Waals surface area (Å²) in [6.07, 6.45) is 0. The highest BCUT2D eigenvalue weighted by Crippen LogP contribution is 2.30. The topological polar surface area (TPSA) is 49.4 Å². The quantitative estimate of drug-likeness (QED) is 0.776. The van der Waals surface area contributed by atoms with Crippen molar-refractivity contribution in [3.8, 4) is 0 Å². The van der Waals surface area contributed by atoms with Crippen LogP contribution in [0.4, 0.5) is 4.79 Å². The maximum atomic E-state index is 11.9. The first-order chi connectivity index (χ1) is 8.68. The number of amides is 3. The van der Waals surface area contributed by atoms with E-state index in [0.717, 1.165) is 16.3 Å². The number of benzene rings is 2. The van der Waals surface area contributed by atoms with E-state index in [-0.39, 0.29) is 11.9 Å². The maximum Gasteiger partial charge on any atom is 0.324 e. The third-order valence-electron chi connectivity index (χ3n) is 3.30. The van der Waals surface area contributed by atoms with Gasteiger partial charge in [0.15, 0.2) is 0 Å². The van der Waals surface area contributed by atoms with Gasteiger partial charge in [0.2, 0.25) is 0 Å². The number of imide groups is 1. The van der Waals surface area contributed by atoms with Crippen molar-refractivity contribution in [1.29, 1.82) is 0 Å². The number of likely N-dealkylation sites (N-methyl/N-ethyl adjacent to an activating group) is 1. The zero-order chi connectivity index (χ0) is 12.7. The summed E-state index contributed by atoms with van der Waals surface area (Å²) in [5.41, 5.74) is 0.860. The molecule has 2 aromatic carbocycles. The van der Waals surface area contributed by atoms with Gasteiger partial charge in [-0.2, -0.15) is 0 Å². The Morgan fingerprint density at radius 2 is 1.78 bits per heavy atom. The van der Waals surface area contributed by atoms with Crippen molar-refractivity contribution in [3.63, 3.8) is 0 Å². The minimum atomic E-state index is -0.538. The molecule has 4 heteroatoms. The highest BCUT2D eigenvalue weighted by molar-refractivity contribution is 6.06. The van der Waals surface area contributed by atoms with Crippen LogP contribution >= 0.6 is 0 Å². The van der Waals surface area contributed by atoms with Crippen molar-refractivity contribution in [2.75, 3.05) is 7.05 Å². The van der Waals surface area contributed by atoms with E-state index in [4.69, 9.17) is 0 Å². The summed E-state index contributed by atoms with van der Waals surface area (Å²) in [4.78, 5) is 24.8. The molecule has 0 radical (unpaired) electrons. The average molecular weight is 240 g/mol. The Kier molecular flexibility index (Phi) is 2.30. The second kappa shape index (κ2) is 3.84. The number of carbonyl (C=O) groups is 2. The van der Waals surface area contributed by atoms with E-state index in [2.05, 4.69) is 5.32 Å². The molecule has 1 aliphatic heterocycles. The minimum Gasteiger partial charge on any atom is -0.311 e. The third kappa shape index (κ3) is 1.46. The molecule has 1 N–H and O–H groups in total. The van der Waals surface area contributed by atoms with Gasteiger partial charge < -0.3 is 4.90 Å². The van der Waals surface area contributed by atoms with Gasteiger partial charge in [-0.05, 0) is 16.3 Å². The lowest BCUT2D eigenvalue weighted by Gasteiger charge is -2.18. The van der Waals surface area contributed by atoms with Gasteiger partial charge in [-0.1, -0.05) is 42.5 Å². The van der Waals surface area contributed by atoms with Crippen molar-refractivity contribution in [3.05, 3.63) is 48.0 Å². The fourth-order valence-corrected chi connectivity index (χ4v) is 2.39. The van der Waals surface area contributed by atoms with Gasteiger partial charge in [-0.25, -0.2) is 4.79 Å². The predicted molar refractivity (Wildman–Crippen MR) is 68.0 cm³/mol. The van der Waals surface area contributed by atoms with Crippen molar-refractivity contribution >= 4 is 22.7 Å². The monoisotopic (exact) mass is 240 g/mol. The molecule has 1 heterocycles. The Labute approximate surface area is 104 Å². The number of hydrogen-bond donors (Lipinski definition) is 1. The Morgan fingerprint density at radius 3 is 2.50 bits per heavy atom. The molecule has 1 unspecified atom stereocenters. The average Bonchev–Trinajstić information content (AvgIpc) is 2.63. The van der Waals surface area contributed by atoms with Gasteiger partial charge in [-0.3, -0.25) is 10.1 Å². The molecule has 1 aliphatic rings. The SMILES string of the molecule is CN1C(=O)NC(=O)C1c1cccc2ccccc12. The molecule has 0 spiro atoms. The van der Waals surface area contributed by atoms with Gasteiger partial charge in [0.1, 0.15) is 6.04 Å². The maximum absolute atomic E-state index is 11.9. The lowest BCUT2D eigenvalue weighted by molar-refractivity contribution is -0.121. The molecule has 18 heavy (non-hydrogen) atoms. The van der Waals surface area contributed by atoms with Crippen LogP contribution in [0.3, 0.4) is 0 Å². The molecule has 2 aromatic rings. The van der Waals surface area contributed by atoms with Crippen LogP contribution in [0.15, 0.2) is 42.5 Å². The molecule has 1 atom stereocenters. The summed E-state index contributed by atoms with van der Waals surface area (Å²) >= 11 is 0. The number of urea groups is 1. The van der Waals surface area contributed by atoms with Crippen molar-refractivity contribution < 1.29 is 9.59 Å². The number of nitrogens with zero attached hydrogens (tertiary/aromatic N) is 1. The van der Waals surface area contributed by atoms with E-state index < -0.39 is 6.04 Å². The molecule has 4 nitrogen and oxygen atoms in total. The van der Waals surface area contributed by atoms with Gasteiger partial charge >= 0.3 is 6.03 Å². The molecule has 3 rings (SSSR count). The summed E-state index contributed by atoms with van der Waals surface area (Å²) in [7, 11) is 1.63. The first-order valence-corrected chi connectivity index (χ1v) is 5.74. The molecule has 1 fully saturated rings. The summed E-state index contributed by atoms with van der Waals surface area (Å²) in [5, 5.41) is 4.39. The summed E-state index contributed by atoms with van der Waals surface area (Å²) in [6, 6.07) is 12.7. The molecular formula is C14H12N2O2. The molecule has 1 saturated heterocycles. The number of nitrogens with one attached hydrogen (secondary N) is 1. The van der Waals surface area contributed by atoms with Gasteiger partial charge in [0.05, 0.1) is 0 Å². The standard InChI is InChI=1S/C14H12N2O2/c1-16-12(13(17)15-14(16)18)11-8-4-6-9-5-2-3-7-10(9)11/h2-8,12H,1H3,(H,15,17,18). The van der Waals surface area contributed by atoms with E-state index in [1.54, 1.807) is 7.05 Å². The van der Waals surface area contributed by atoms with Crippen LogP contribution in [0, 0.1) is 0 Å². The summed E-state index contributed by atoms with van der Waals surface area (Å²) in [5.74, 6) is -0.265. The van der Waals surface area contributed by atoms with Gasteiger partial charge in [0.25, 0.3) is 5.91 Å². The first kappa shape index (κ1) is 10.8. The van der Waals surface area contributed by atoms with Crippen LogP contribution in [-0.4, -0.2) is 23.9 Å². The Bertz CT molecular complexity index is 646. The fraction of sp³-hybridized carbons (Fsp3) is 0.143. The van der Waals surface area contributed by atoms with E-state index in [9.17, 15) is 9.59 Å². The van der Waals surface area contributed by atoms with E-state index >= 15 is 0 Å². The number of carbonyl (C=O) groups excluding carboxylic acids is 2. The molecule has 3 amide bonds. The normalized spacial score (nSPS) is 19.4. The molecule has 0 aromatic heterocycles. The summed E-state index contributed by atoms with van der Waals surface area (Å²) in [6.45, 7) is 0. The molecule has 0 aliphatic carbocycles. The molecule has 90 valence electrons. The van der Waals surface area contributed by atoms with E-state index in [1.807, 2.05) is 42.5 Å². The number of fused-ring (bicyclic) bond motifs is 1. The Morgan fingerprint density at radius 1 is 1.06 bits per heavy atom. The van der Waals surface area contributed by atoms with Crippen LogP contribution in [-0.2, 0) is 4.79 Å². The number of rotatable bonds is 1. The highest BCUT2D eigenvalue weighted by atomic mass is 16.2. The Hall–Kier alpha value is -2.36. The number of hydrogen-bond acceptors (Lipinski definition) is 2. The van der Waals surface area contributed by atoms with E-state index in [0.29, 0.717) is 0 Å². The zero-order valence-electron chi connectivity index (χ0n) is 9.88. The smallest absolute Gasteiger partial charge is 0.311 e. The second-order valence-corrected chi connectivity index (χ2v) is 4.38. The van der Waals surface area contributed by atoms with Crippen molar-refractivity contribution in [2.45, 2.75) is 6.04 Å². The Balaban J connectivity index is 2.20. The third-order valence-corrected chi connectivity index (χ3v) is 3.30. The van der Waals surface area contributed by atoms with Crippen LogP contribution in [0.2, 0.25) is 0 Å². The lowest BCUT2D eigenvalue weighted by Crippen LogP contribution is -2.25. The molecule has 0 bridgehead atoms. The predicted octanol–water partition coefficient (Wildman–Crippen LogP) is 2.06. The van der Waals surface area contributed by atoms with Crippen molar-refractivity contribution in [1.82, 2.24) is 10.2 Å². The summed E-state index contributed by atoms with van der Waals surface area (Å²) < 4.78 is 0. The minimum absolute atomic E-state index is 0.265. The lowest BCUT2D eigenvalue weighted by atomic mass is 9.98. The largest absolute Gasteiger partial charge is 0.324 e. The first-order valence-electron chi connectivity index (χ1n) is 5.74. The van der Waals surface area contributed by atoms with Crippen molar-refractivity contribution in [2.24, 2.45) is 0 Å². The van der Waals surface area contributed by atoms with E-state index in [1.165, 1.54) is 4.90 Å². The highest BCUT2D eigenvalue weighted by Gasteiger charge is 2.37. The molecule has 0 saturated carbocycles. The van der Waals surface area contributed by atoms with Crippen LogP contribution in [0.5, 0.6) is 0 Å². The second-order valence-electron chi connectivity index (χ2n) is 4.38. The van der Waals surface area contributed by atoms with Gasteiger partial charge in [0, 0.05) is 7.05 Å². The van der Waals surface area contributed by atoms with Crippen LogP contribution in [0.1, 0.15) is 11.6 Å². The molecular weight excluding hydrogens is 228 g/mol. The van der Waals surface area contributed by atoms with Gasteiger partial charge in [-0.15, -0.1) is 0 Å². The zero-order valence-corrected chi connectivity index (χ0v) is 9.88. The van der Waals surface area contributed by atoms with Crippen LogP contribution in [0.25, 0.3) is 10.8 Å².